The molecule has 0 atom stereocenters. The summed E-state index contributed by atoms with van der Waals surface area (Å²) < 4.78 is 4.87. The van der Waals surface area contributed by atoms with Crippen molar-refractivity contribution in [3.05, 3.63) is 12.7 Å². The van der Waals surface area contributed by atoms with Gasteiger partial charge in [-0.3, -0.25) is 4.90 Å². The molecule has 0 radical (unpaired) electrons. The van der Waals surface area contributed by atoms with Gasteiger partial charge < -0.3 is 4.74 Å². The molecule has 0 fully saturated rings. The first-order valence-corrected chi connectivity index (χ1v) is 4.15. The smallest absolute Gasteiger partial charge is 0.331 e. The molecule has 0 saturated heterocycles. The maximum Gasteiger partial charge on any atom is 0.331 e. The van der Waals surface area contributed by atoms with Crippen LogP contribution in [0.5, 0.6) is 0 Å². The third-order valence-corrected chi connectivity index (χ3v) is 1.68. The molecule has 0 saturated carbocycles. The maximum absolute atomic E-state index is 10.7. The van der Waals surface area contributed by atoms with E-state index in [0.29, 0.717) is 12.8 Å². The molecule has 70 valence electrons. The molecular formula is C9H17NO2. The highest BCUT2D eigenvalue weighted by Gasteiger charge is 2.07. The van der Waals surface area contributed by atoms with Crippen molar-refractivity contribution < 1.29 is 9.53 Å². The lowest BCUT2D eigenvalue weighted by Gasteiger charge is -2.23. The van der Waals surface area contributed by atoms with Crippen LogP contribution in [0.25, 0.3) is 0 Å². The first kappa shape index (κ1) is 11.2. The second kappa shape index (κ2) is 5.77. The van der Waals surface area contributed by atoms with Gasteiger partial charge in [-0.2, -0.15) is 0 Å². The van der Waals surface area contributed by atoms with Gasteiger partial charge in [0.2, 0.25) is 0 Å². The number of carbonyl (C=O) groups excluding carboxylic acids is 1. The minimum atomic E-state index is -0.367. The van der Waals surface area contributed by atoms with E-state index in [9.17, 15) is 4.79 Å². The summed E-state index contributed by atoms with van der Waals surface area (Å²) in [7, 11) is 0. The van der Waals surface area contributed by atoms with Crippen molar-refractivity contribution in [2.75, 3.05) is 13.3 Å². The lowest BCUT2D eigenvalue weighted by atomic mass is 10.3. The summed E-state index contributed by atoms with van der Waals surface area (Å²) in [6.45, 7) is 10.7. The SMILES string of the molecule is C=CC(=O)OCN(CC)C(C)C. The fraction of sp³-hybridized carbons (Fsp3) is 0.667. The largest absolute Gasteiger partial charge is 0.446 e. The Morgan fingerprint density at radius 2 is 2.25 bits per heavy atom. The molecule has 0 aliphatic heterocycles. The Labute approximate surface area is 74.0 Å². The Balaban J connectivity index is 3.72. The summed E-state index contributed by atoms with van der Waals surface area (Å²) in [4.78, 5) is 12.7. The van der Waals surface area contributed by atoms with Crippen molar-refractivity contribution in [1.29, 1.82) is 0 Å². The number of carbonyl (C=O) groups is 1. The second-order valence-electron chi connectivity index (χ2n) is 2.80. The van der Waals surface area contributed by atoms with Crippen molar-refractivity contribution in [2.45, 2.75) is 26.8 Å². The Morgan fingerprint density at radius 3 is 2.58 bits per heavy atom. The van der Waals surface area contributed by atoms with Crippen LogP contribution in [0.15, 0.2) is 12.7 Å². The zero-order valence-electron chi connectivity index (χ0n) is 8.04. The first-order chi connectivity index (χ1) is 5.61. The molecule has 0 amide bonds. The third-order valence-electron chi connectivity index (χ3n) is 1.68. The molecule has 0 spiro atoms. The standard InChI is InChI=1S/C9H17NO2/c1-5-9(11)12-7-10(6-2)8(3)4/h5,8H,1,6-7H2,2-4H3. The van der Waals surface area contributed by atoms with Crippen LogP contribution in [0.4, 0.5) is 0 Å². The van der Waals surface area contributed by atoms with E-state index in [0.717, 1.165) is 6.54 Å². The van der Waals surface area contributed by atoms with E-state index < -0.39 is 0 Å². The lowest BCUT2D eigenvalue weighted by molar-refractivity contribution is -0.143. The fourth-order valence-corrected chi connectivity index (χ4v) is 0.811. The van der Waals surface area contributed by atoms with Crippen molar-refractivity contribution >= 4 is 5.97 Å². The monoisotopic (exact) mass is 171 g/mol. The van der Waals surface area contributed by atoms with E-state index in [1.807, 2.05) is 11.8 Å². The molecule has 0 aliphatic rings. The van der Waals surface area contributed by atoms with Crippen LogP contribution in [-0.2, 0) is 9.53 Å². The van der Waals surface area contributed by atoms with Crippen molar-refractivity contribution in [3.63, 3.8) is 0 Å². The van der Waals surface area contributed by atoms with Gasteiger partial charge in [-0.25, -0.2) is 4.79 Å². The van der Waals surface area contributed by atoms with Crippen LogP contribution >= 0.6 is 0 Å². The minimum Gasteiger partial charge on any atom is -0.446 e. The third kappa shape index (κ3) is 4.13. The molecule has 3 heteroatoms. The summed E-state index contributed by atoms with van der Waals surface area (Å²) >= 11 is 0. The number of esters is 1. The molecule has 0 aromatic carbocycles. The van der Waals surface area contributed by atoms with Crippen LogP contribution < -0.4 is 0 Å². The number of hydrogen-bond acceptors (Lipinski definition) is 3. The minimum absolute atomic E-state index is 0.346. The second-order valence-corrected chi connectivity index (χ2v) is 2.80. The van der Waals surface area contributed by atoms with Gasteiger partial charge in [0.25, 0.3) is 0 Å². The summed E-state index contributed by atoms with van der Waals surface area (Å²) in [6, 6.07) is 0.396. The van der Waals surface area contributed by atoms with Crippen LogP contribution in [0, 0.1) is 0 Å². The molecule has 0 N–H and O–H groups in total. The Bertz CT molecular complexity index is 155. The van der Waals surface area contributed by atoms with Crippen LogP contribution in [0.1, 0.15) is 20.8 Å². The van der Waals surface area contributed by atoms with Gasteiger partial charge in [-0.05, 0) is 20.4 Å². The number of rotatable bonds is 5. The summed E-state index contributed by atoms with van der Waals surface area (Å²) in [5, 5.41) is 0. The maximum atomic E-state index is 10.7. The van der Waals surface area contributed by atoms with E-state index in [1.54, 1.807) is 0 Å². The Kier molecular flexibility index (Phi) is 5.37. The molecule has 3 nitrogen and oxygen atoms in total. The van der Waals surface area contributed by atoms with Crippen molar-refractivity contribution in [2.24, 2.45) is 0 Å². The van der Waals surface area contributed by atoms with Crippen LogP contribution in [0.2, 0.25) is 0 Å². The lowest BCUT2D eigenvalue weighted by Crippen LogP contribution is -2.33. The molecular weight excluding hydrogens is 154 g/mol. The van der Waals surface area contributed by atoms with Crippen LogP contribution in [-0.4, -0.2) is 30.2 Å². The molecule has 0 aromatic heterocycles. The van der Waals surface area contributed by atoms with Gasteiger partial charge >= 0.3 is 5.97 Å². The number of nitrogens with zero attached hydrogens (tertiary/aromatic N) is 1. The van der Waals surface area contributed by atoms with Gasteiger partial charge in [0.05, 0.1) is 0 Å². The zero-order chi connectivity index (χ0) is 9.56. The summed E-state index contributed by atoms with van der Waals surface area (Å²) in [6.07, 6.45) is 1.17. The molecule has 0 bridgehead atoms. The summed E-state index contributed by atoms with van der Waals surface area (Å²) in [5.74, 6) is -0.367. The topological polar surface area (TPSA) is 29.5 Å². The average molecular weight is 171 g/mol. The van der Waals surface area contributed by atoms with Gasteiger partial charge in [0.1, 0.15) is 6.73 Å². The van der Waals surface area contributed by atoms with Crippen molar-refractivity contribution in [3.8, 4) is 0 Å². The quantitative estimate of drug-likeness (QED) is 0.356. The Morgan fingerprint density at radius 1 is 1.67 bits per heavy atom. The van der Waals surface area contributed by atoms with Gasteiger partial charge in [-0.1, -0.05) is 13.5 Å². The van der Waals surface area contributed by atoms with Crippen LogP contribution in [0.3, 0.4) is 0 Å². The predicted molar refractivity (Wildman–Crippen MR) is 48.7 cm³/mol. The van der Waals surface area contributed by atoms with Gasteiger partial charge in [0.15, 0.2) is 0 Å². The van der Waals surface area contributed by atoms with Crippen molar-refractivity contribution in [1.82, 2.24) is 4.90 Å². The molecule has 0 heterocycles. The van der Waals surface area contributed by atoms with E-state index in [2.05, 4.69) is 20.4 Å². The zero-order valence-corrected chi connectivity index (χ0v) is 8.04. The van der Waals surface area contributed by atoms with E-state index in [-0.39, 0.29) is 5.97 Å². The fourth-order valence-electron chi connectivity index (χ4n) is 0.811. The average Bonchev–Trinajstić information content (AvgIpc) is 2.04. The highest BCUT2D eigenvalue weighted by atomic mass is 16.5. The Hall–Kier alpha value is -0.830. The van der Waals surface area contributed by atoms with E-state index >= 15 is 0 Å². The molecule has 12 heavy (non-hydrogen) atoms. The molecule has 0 unspecified atom stereocenters. The summed E-state index contributed by atoms with van der Waals surface area (Å²) in [5.41, 5.74) is 0. The highest BCUT2D eigenvalue weighted by molar-refractivity contribution is 5.81. The highest BCUT2D eigenvalue weighted by Crippen LogP contribution is 1.97. The van der Waals surface area contributed by atoms with E-state index in [1.165, 1.54) is 6.08 Å². The van der Waals surface area contributed by atoms with Gasteiger partial charge in [0, 0.05) is 12.1 Å². The normalized spacial score (nSPS) is 10.4. The molecule has 0 rings (SSSR count). The van der Waals surface area contributed by atoms with E-state index in [4.69, 9.17) is 4.74 Å². The predicted octanol–water partition coefficient (Wildman–Crippen LogP) is 1.40. The first-order valence-electron chi connectivity index (χ1n) is 4.15. The molecule has 0 aromatic rings. The number of ether oxygens (including phenoxy) is 1. The number of hydrogen-bond donors (Lipinski definition) is 0. The van der Waals surface area contributed by atoms with Gasteiger partial charge in [-0.15, -0.1) is 0 Å². The molecule has 0 aliphatic carbocycles.